The predicted octanol–water partition coefficient (Wildman–Crippen LogP) is 2.03. The van der Waals surface area contributed by atoms with Gasteiger partial charge in [-0.15, -0.1) is 5.10 Å². The molecule has 0 aliphatic carbocycles. The Kier molecular flexibility index (Phi) is 5.44. The standard InChI is InChI=1S/C16H21FN4O2/c1-4-12(9-22)18-16(23)14-19-15(10(2)3)21(20-14)13-7-5-6-11(17)8-13/h5-8,10,12,22H,4,9H2,1-3H3,(H,18,23). The predicted molar refractivity (Wildman–Crippen MR) is 84.0 cm³/mol. The number of nitrogens with zero attached hydrogens (tertiary/aromatic N) is 3. The number of aromatic nitrogens is 3. The third-order valence-corrected chi connectivity index (χ3v) is 3.45. The molecule has 1 aromatic carbocycles. The first-order valence-electron chi connectivity index (χ1n) is 7.60. The van der Waals surface area contributed by atoms with E-state index < -0.39 is 5.91 Å². The van der Waals surface area contributed by atoms with Gasteiger partial charge in [-0.2, -0.15) is 0 Å². The largest absolute Gasteiger partial charge is 0.394 e. The molecular weight excluding hydrogens is 299 g/mol. The molecule has 0 aliphatic heterocycles. The molecule has 0 spiro atoms. The van der Waals surface area contributed by atoms with Crippen molar-refractivity contribution >= 4 is 5.91 Å². The van der Waals surface area contributed by atoms with Gasteiger partial charge in [0.15, 0.2) is 0 Å². The molecule has 1 aromatic heterocycles. The molecule has 0 saturated heterocycles. The SMILES string of the molecule is CCC(CO)NC(=O)c1nc(C(C)C)n(-c2cccc(F)c2)n1. The third kappa shape index (κ3) is 3.92. The Balaban J connectivity index is 2.37. The molecule has 0 aliphatic rings. The molecule has 6 nitrogen and oxygen atoms in total. The van der Waals surface area contributed by atoms with Crippen LogP contribution in [0.25, 0.3) is 5.69 Å². The first kappa shape index (κ1) is 17.1. The normalized spacial score (nSPS) is 12.4. The van der Waals surface area contributed by atoms with Gasteiger partial charge in [-0.25, -0.2) is 14.1 Å². The van der Waals surface area contributed by atoms with Crippen LogP contribution < -0.4 is 5.32 Å². The van der Waals surface area contributed by atoms with E-state index in [-0.39, 0.29) is 30.2 Å². The van der Waals surface area contributed by atoms with E-state index in [2.05, 4.69) is 15.4 Å². The number of amides is 1. The lowest BCUT2D eigenvalue weighted by Gasteiger charge is -2.11. The lowest BCUT2D eigenvalue weighted by Crippen LogP contribution is -2.37. The zero-order valence-corrected chi connectivity index (χ0v) is 13.5. The van der Waals surface area contributed by atoms with Crippen molar-refractivity contribution in [2.24, 2.45) is 0 Å². The molecule has 1 amide bonds. The second-order valence-electron chi connectivity index (χ2n) is 5.60. The van der Waals surface area contributed by atoms with E-state index in [0.717, 1.165) is 0 Å². The average Bonchev–Trinajstić information content (AvgIpc) is 2.98. The van der Waals surface area contributed by atoms with Crippen molar-refractivity contribution in [3.05, 3.63) is 41.7 Å². The number of carbonyl (C=O) groups is 1. The van der Waals surface area contributed by atoms with Crippen LogP contribution in [0.3, 0.4) is 0 Å². The van der Waals surface area contributed by atoms with Crippen molar-refractivity contribution in [2.75, 3.05) is 6.61 Å². The number of hydrogen-bond acceptors (Lipinski definition) is 4. The van der Waals surface area contributed by atoms with E-state index in [1.54, 1.807) is 12.1 Å². The Bertz CT molecular complexity index is 680. The lowest BCUT2D eigenvalue weighted by atomic mass is 10.2. The van der Waals surface area contributed by atoms with Crippen LogP contribution in [0.1, 0.15) is 49.6 Å². The molecule has 0 saturated carbocycles. The van der Waals surface area contributed by atoms with Gasteiger partial charge in [0.2, 0.25) is 5.82 Å². The fourth-order valence-electron chi connectivity index (χ4n) is 2.12. The van der Waals surface area contributed by atoms with Crippen molar-refractivity contribution in [1.82, 2.24) is 20.1 Å². The van der Waals surface area contributed by atoms with Crippen molar-refractivity contribution in [2.45, 2.75) is 39.2 Å². The monoisotopic (exact) mass is 320 g/mol. The Morgan fingerprint density at radius 3 is 2.74 bits per heavy atom. The highest BCUT2D eigenvalue weighted by Gasteiger charge is 2.21. The molecule has 2 N–H and O–H groups in total. The Hall–Kier alpha value is -2.28. The molecule has 1 heterocycles. The maximum atomic E-state index is 13.4. The van der Waals surface area contributed by atoms with Crippen molar-refractivity contribution in [3.63, 3.8) is 0 Å². The van der Waals surface area contributed by atoms with Crippen LogP contribution in [0.15, 0.2) is 24.3 Å². The highest BCUT2D eigenvalue weighted by Crippen LogP contribution is 2.18. The third-order valence-electron chi connectivity index (χ3n) is 3.45. The van der Waals surface area contributed by atoms with Gasteiger partial charge >= 0.3 is 0 Å². The molecule has 0 fully saturated rings. The van der Waals surface area contributed by atoms with Gasteiger partial charge in [0.1, 0.15) is 11.6 Å². The van der Waals surface area contributed by atoms with Crippen LogP contribution >= 0.6 is 0 Å². The van der Waals surface area contributed by atoms with Crippen LogP contribution in [0, 0.1) is 5.82 Å². The fourth-order valence-corrected chi connectivity index (χ4v) is 2.12. The minimum absolute atomic E-state index is 0.00450. The fraction of sp³-hybridized carbons (Fsp3) is 0.438. The number of aliphatic hydroxyl groups is 1. The van der Waals surface area contributed by atoms with Gasteiger partial charge in [-0.3, -0.25) is 4.79 Å². The Morgan fingerprint density at radius 1 is 1.43 bits per heavy atom. The number of carbonyl (C=O) groups excluding carboxylic acids is 1. The number of halogens is 1. The number of benzene rings is 1. The molecule has 1 unspecified atom stereocenters. The number of hydrogen-bond donors (Lipinski definition) is 2. The molecule has 0 radical (unpaired) electrons. The van der Waals surface area contributed by atoms with Crippen molar-refractivity contribution < 1.29 is 14.3 Å². The maximum absolute atomic E-state index is 13.4. The smallest absolute Gasteiger partial charge is 0.291 e. The summed E-state index contributed by atoms with van der Waals surface area (Å²) in [6.07, 6.45) is 0.601. The molecule has 1 atom stereocenters. The van der Waals surface area contributed by atoms with Crippen LogP contribution in [0.2, 0.25) is 0 Å². The lowest BCUT2D eigenvalue weighted by molar-refractivity contribution is 0.0904. The quantitative estimate of drug-likeness (QED) is 0.853. The molecule has 0 bridgehead atoms. The van der Waals surface area contributed by atoms with Crippen LogP contribution in [0.5, 0.6) is 0 Å². The van der Waals surface area contributed by atoms with Crippen LogP contribution in [-0.4, -0.2) is 38.4 Å². The molecular formula is C16H21FN4O2. The van der Waals surface area contributed by atoms with E-state index in [1.165, 1.54) is 16.8 Å². The number of nitrogens with one attached hydrogen (secondary N) is 1. The summed E-state index contributed by atoms with van der Waals surface area (Å²) in [6, 6.07) is 5.62. The topological polar surface area (TPSA) is 80.0 Å². The summed E-state index contributed by atoms with van der Waals surface area (Å²) in [4.78, 5) is 16.5. The molecule has 124 valence electrons. The van der Waals surface area contributed by atoms with E-state index in [4.69, 9.17) is 0 Å². The maximum Gasteiger partial charge on any atom is 0.291 e. The highest BCUT2D eigenvalue weighted by molar-refractivity contribution is 5.90. The minimum Gasteiger partial charge on any atom is -0.394 e. The first-order valence-corrected chi connectivity index (χ1v) is 7.60. The van der Waals surface area contributed by atoms with E-state index in [0.29, 0.717) is 17.9 Å². The zero-order chi connectivity index (χ0) is 17.0. The summed E-state index contributed by atoms with van der Waals surface area (Å²) >= 11 is 0. The van der Waals surface area contributed by atoms with E-state index >= 15 is 0 Å². The van der Waals surface area contributed by atoms with Gasteiger partial charge in [-0.1, -0.05) is 26.8 Å². The second kappa shape index (κ2) is 7.32. The van der Waals surface area contributed by atoms with Gasteiger partial charge < -0.3 is 10.4 Å². The van der Waals surface area contributed by atoms with Gasteiger partial charge in [0.05, 0.1) is 18.3 Å². The summed E-state index contributed by atoms with van der Waals surface area (Å²) < 4.78 is 14.9. The summed E-state index contributed by atoms with van der Waals surface area (Å²) in [5.74, 6) is -0.261. The van der Waals surface area contributed by atoms with E-state index in [1.807, 2.05) is 20.8 Å². The first-order chi connectivity index (χ1) is 11.0. The molecule has 2 aromatic rings. The summed E-state index contributed by atoms with van der Waals surface area (Å²) in [5.41, 5.74) is 0.509. The summed E-state index contributed by atoms with van der Waals surface area (Å²) in [7, 11) is 0. The van der Waals surface area contributed by atoms with Crippen molar-refractivity contribution in [1.29, 1.82) is 0 Å². The van der Waals surface area contributed by atoms with Crippen LogP contribution in [0.4, 0.5) is 4.39 Å². The van der Waals surface area contributed by atoms with Gasteiger partial charge in [0, 0.05) is 5.92 Å². The van der Waals surface area contributed by atoms with Gasteiger partial charge in [-0.05, 0) is 24.6 Å². The number of aliphatic hydroxyl groups excluding tert-OH is 1. The van der Waals surface area contributed by atoms with E-state index in [9.17, 15) is 14.3 Å². The molecule has 23 heavy (non-hydrogen) atoms. The van der Waals surface area contributed by atoms with Crippen LogP contribution in [-0.2, 0) is 0 Å². The average molecular weight is 320 g/mol. The van der Waals surface area contributed by atoms with Crippen molar-refractivity contribution in [3.8, 4) is 5.69 Å². The Labute approximate surface area is 134 Å². The summed E-state index contributed by atoms with van der Waals surface area (Å²) in [6.45, 7) is 5.55. The molecule has 2 rings (SSSR count). The Morgan fingerprint density at radius 2 is 2.17 bits per heavy atom. The second-order valence-corrected chi connectivity index (χ2v) is 5.60. The number of rotatable bonds is 6. The minimum atomic E-state index is -0.456. The molecule has 7 heteroatoms. The summed E-state index contributed by atoms with van der Waals surface area (Å²) in [5, 5.41) is 16.1. The highest BCUT2D eigenvalue weighted by atomic mass is 19.1. The zero-order valence-electron chi connectivity index (χ0n) is 13.5. The van der Waals surface area contributed by atoms with Gasteiger partial charge in [0.25, 0.3) is 5.91 Å².